The van der Waals surface area contributed by atoms with Crippen molar-refractivity contribution in [2.75, 3.05) is 33.2 Å². The van der Waals surface area contributed by atoms with E-state index in [0.29, 0.717) is 17.8 Å². The number of benzene rings is 1. The van der Waals surface area contributed by atoms with Crippen molar-refractivity contribution in [3.63, 3.8) is 0 Å². The third kappa shape index (κ3) is 10.2. The monoisotopic (exact) mass is 568 g/mol. The van der Waals surface area contributed by atoms with Gasteiger partial charge in [0.2, 0.25) is 5.96 Å². The fourth-order valence-electron chi connectivity index (χ4n) is 4.72. The number of unbranched alkanes of at least 4 members (excludes halogenated alkanes) is 1. The smallest absolute Gasteiger partial charge is 0.230 e. The predicted octanol–water partition coefficient (Wildman–Crippen LogP) is 7.63. The molecule has 0 radical (unpaired) electrons. The van der Waals surface area contributed by atoms with Crippen molar-refractivity contribution in [2.24, 2.45) is 26.8 Å². The Kier molecular flexibility index (Phi) is 12.9. The zero-order chi connectivity index (χ0) is 29.1. The lowest BCUT2D eigenvalue weighted by Crippen LogP contribution is -2.47. The topological polar surface area (TPSA) is 55.6 Å². The average Bonchev–Trinajstić information content (AvgIpc) is 3.14. The van der Waals surface area contributed by atoms with Gasteiger partial charge in [-0.3, -0.25) is 4.99 Å². The van der Waals surface area contributed by atoms with Crippen LogP contribution in [-0.2, 0) is 0 Å². The lowest BCUT2D eigenvalue weighted by Gasteiger charge is -2.34. The molecule has 8 heteroatoms. The van der Waals surface area contributed by atoms with Gasteiger partial charge >= 0.3 is 0 Å². The average molecular weight is 569 g/mol. The first-order chi connectivity index (χ1) is 19.2. The SMILES string of the molecule is CCCCC(=NC(=NC1=CC(CC)CC=C(C(C)C)S1)NC(C)=NC(C)c1ccc(F)cc1)N1CCN(C)CC1. The summed E-state index contributed by atoms with van der Waals surface area (Å²) in [4.78, 5) is 21.4. The van der Waals surface area contributed by atoms with Gasteiger partial charge in [0.1, 0.15) is 22.5 Å². The van der Waals surface area contributed by atoms with Gasteiger partial charge in [-0.1, -0.05) is 64.1 Å². The van der Waals surface area contributed by atoms with Crippen LogP contribution in [0.1, 0.15) is 85.3 Å². The van der Waals surface area contributed by atoms with E-state index in [1.54, 1.807) is 23.9 Å². The Morgan fingerprint density at radius 2 is 1.80 bits per heavy atom. The minimum Gasteiger partial charge on any atom is -0.357 e. The summed E-state index contributed by atoms with van der Waals surface area (Å²) in [6.45, 7) is 16.9. The van der Waals surface area contributed by atoms with Gasteiger partial charge in [0.05, 0.1) is 6.04 Å². The first-order valence-corrected chi connectivity index (χ1v) is 15.8. The summed E-state index contributed by atoms with van der Waals surface area (Å²) >= 11 is 1.76. The summed E-state index contributed by atoms with van der Waals surface area (Å²) in [6, 6.07) is 6.42. The summed E-state index contributed by atoms with van der Waals surface area (Å²) in [7, 11) is 2.18. The van der Waals surface area contributed by atoms with E-state index in [-0.39, 0.29) is 11.9 Å². The fourth-order valence-corrected chi connectivity index (χ4v) is 5.77. The fraction of sp³-hybridized carbons (Fsp3) is 0.594. The van der Waals surface area contributed by atoms with Crippen molar-refractivity contribution in [1.29, 1.82) is 0 Å². The molecule has 6 nitrogen and oxygen atoms in total. The predicted molar refractivity (Wildman–Crippen MR) is 172 cm³/mol. The highest BCUT2D eigenvalue weighted by atomic mass is 32.2. The van der Waals surface area contributed by atoms with Gasteiger partial charge in [-0.15, -0.1) is 0 Å². The second-order valence-corrected chi connectivity index (χ2v) is 12.3. The molecule has 0 aromatic heterocycles. The first kappa shape index (κ1) is 32.1. The van der Waals surface area contributed by atoms with Crippen LogP contribution >= 0.6 is 11.8 Å². The van der Waals surface area contributed by atoms with Crippen LogP contribution in [0.3, 0.4) is 0 Å². The number of nitrogens with one attached hydrogen (secondary N) is 1. The Hall–Kier alpha value is -2.45. The van der Waals surface area contributed by atoms with Crippen molar-refractivity contribution in [2.45, 2.75) is 79.7 Å². The molecule has 2 atom stereocenters. The molecule has 40 heavy (non-hydrogen) atoms. The Morgan fingerprint density at radius 3 is 2.42 bits per heavy atom. The van der Waals surface area contributed by atoms with E-state index in [1.165, 1.54) is 17.0 Å². The van der Waals surface area contributed by atoms with Crippen molar-refractivity contribution < 1.29 is 4.39 Å². The number of hydrogen-bond donors (Lipinski definition) is 1. The second-order valence-electron chi connectivity index (χ2n) is 11.2. The molecule has 1 aromatic rings. The molecule has 220 valence electrons. The van der Waals surface area contributed by atoms with Gasteiger partial charge in [-0.25, -0.2) is 9.38 Å². The van der Waals surface area contributed by atoms with E-state index in [0.717, 1.165) is 80.5 Å². The number of hydrogen-bond acceptors (Lipinski definition) is 4. The van der Waals surface area contributed by atoms with Gasteiger partial charge in [-0.2, -0.15) is 4.99 Å². The van der Waals surface area contributed by atoms with Crippen molar-refractivity contribution in [3.05, 3.63) is 57.7 Å². The summed E-state index contributed by atoms with van der Waals surface area (Å²) in [5.41, 5.74) is 0.963. The number of nitrogens with zero attached hydrogens (tertiary/aromatic N) is 5. The Labute approximate surface area is 246 Å². The third-order valence-electron chi connectivity index (χ3n) is 7.42. The molecule has 0 bridgehead atoms. The molecule has 3 rings (SSSR count). The van der Waals surface area contributed by atoms with E-state index in [1.807, 2.05) is 13.8 Å². The van der Waals surface area contributed by atoms with Gasteiger partial charge in [0.15, 0.2) is 0 Å². The molecule has 0 amide bonds. The third-order valence-corrected chi connectivity index (χ3v) is 8.73. The summed E-state index contributed by atoms with van der Waals surface area (Å²) in [6.07, 6.45) is 9.93. The molecule has 0 saturated carbocycles. The summed E-state index contributed by atoms with van der Waals surface area (Å²) in [5.74, 6) is 3.07. The normalized spacial score (nSPS) is 20.8. The molecular formula is C32H49FN6S. The van der Waals surface area contributed by atoms with E-state index in [2.05, 4.69) is 62.0 Å². The number of allylic oxidation sites excluding steroid dienone is 3. The van der Waals surface area contributed by atoms with Crippen LogP contribution < -0.4 is 5.32 Å². The van der Waals surface area contributed by atoms with E-state index in [4.69, 9.17) is 15.0 Å². The molecule has 2 unspecified atom stereocenters. The van der Waals surface area contributed by atoms with Crippen LogP contribution in [0, 0.1) is 17.7 Å². The van der Waals surface area contributed by atoms with Crippen molar-refractivity contribution in [3.8, 4) is 0 Å². The van der Waals surface area contributed by atoms with E-state index in [9.17, 15) is 4.39 Å². The van der Waals surface area contributed by atoms with Crippen molar-refractivity contribution in [1.82, 2.24) is 15.1 Å². The lowest BCUT2D eigenvalue weighted by molar-refractivity contribution is 0.213. The Bertz CT molecular complexity index is 1100. The molecule has 1 fully saturated rings. The molecule has 2 aliphatic heterocycles. The van der Waals surface area contributed by atoms with Crippen molar-refractivity contribution >= 4 is 29.4 Å². The number of amidine groups is 2. The molecule has 1 aromatic carbocycles. The van der Waals surface area contributed by atoms with Crippen LogP contribution in [0.4, 0.5) is 4.39 Å². The zero-order valence-electron chi connectivity index (χ0n) is 25.6. The zero-order valence-corrected chi connectivity index (χ0v) is 26.4. The highest BCUT2D eigenvalue weighted by Crippen LogP contribution is 2.37. The summed E-state index contributed by atoms with van der Waals surface area (Å²) in [5, 5.41) is 4.45. The largest absolute Gasteiger partial charge is 0.357 e. The Morgan fingerprint density at radius 1 is 1.10 bits per heavy atom. The van der Waals surface area contributed by atoms with Crippen LogP contribution in [0.2, 0.25) is 0 Å². The molecule has 1 N–H and O–H groups in total. The minimum absolute atomic E-state index is 0.123. The Balaban J connectivity index is 1.98. The van der Waals surface area contributed by atoms with E-state index >= 15 is 0 Å². The minimum atomic E-state index is -0.239. The maximum absolute atomic E-state index is 13.5. The number of rotatable bonds is 8. The molecule has 0 aliphatic carbocycles. The van der Waals surface area contributed by atoms with Crippen LogP contribution in [0.5, 0.6) is 0 Å². The number of piperazine rings is 1. The summed E-state index contributed by atoms with van der Waals surface area (Å²) < 4.78 is 13.5. The molecule has 1 saturated heterocycles. The maximum Gasteiger partial charge on any atom is 0.230 e. The molecule has 2 heterocycles. The van der Waals surface area contributed by atoms with Gasteiger partial charge in [-0.05, 0) is 80.7 Å². The highest BCUT2D eigenvalue weighted by Gasteiger charge is 2.20. The maximum atomic E-state index is 13.5. The van der Waals surface area contributed by atoms with E-state index < -0.39 is 0 Å². The van der Waals surface area contributed by atoms with Gasteiger partial charge in [0, 0.05) is 32.6 Å². The first-order valence-electron chi connectivity index (χ1n) is 14.9. The quantitative estimate of drug-likeness (QED) is 0.259. The van der Waals surface area contributed by atoms with Crippen LogP contribution in [0.25, 0.3) is 0 Å². The lowest BCUT2D eigenvalue weighted by atomic mass is 10.0. The van der Waals surface area contributed by atoms with Crippen LogP contribution in [0.15, 0.2) is 61.3 Å². The standard InChI is InChI=1S/C32H49FN6S/c1-8-10-11-30(39-20-18-38(7)19-21-39)36-32(35-25(6)34-24(5)27-13-15-28(33)16-14-27)37-31-22-26(9-2)12-17-29(40-31)23(3)4/h13-17,22-24,26H,8-12,18-21H2,1-7H3,(H,34,35,37). The van der Waals surface area contributed by atoms with Gasteiger partial charge < -0.3 is 15.1 Å². The highest BCUT2D eigenvalue weighted by molar-refractivity contribution is 8.06. The number of thioether (sulfide) groups is 1. The second kappa shape index (κ2) is 16.1. The van der Waals surface area contributed by atoms with Crippen LogP contribution in [-0.4, -0.2) is 60.7 Å². The number of guanidine groups is 1. The van der Waals surface area contributed by atoms with Gasteiger partial charge in [0.25, 0.3) is 0 Å². The molecule has 2 aliphatic rings. The number of likely N-dealkylation sites (N-methyl/N-ethyl adjacent to an activating group) is 1. The molecular weight excluding hydrogens is 519 g/mol. The number of aliphatic imine (C=N–C) groups is 3. The number of halogens is 1. The molecule has 0 spiro atoms.